The molecule has 2 aromatic rings. The molecule has 0 aliphatic carbocycles. The number of nitrogens with zero attached hydrogens (tertiary/aromatic N) is 2. The molecule has 0 radical (unpaired) electrons. The normalized spacial score (nSPS) is 12.9. The minimum Gasteiger partial charge on any atom is -0.454 e. The molecule has 106 valence electrons. The van der Waals surface area contributed by atoms with Crippen molar-refractivity contribution in [1.82, 2.24) is 9.36 Å². The van der Waals surface area contributed by atoms with Gasteiger partial charge >= 0.3 is 0 Å². The molecule has 0 unspecified atom stereocenters. The van der Waals surface area contributed by atoms with Gasteiger partial charge in [0.25, 0.3) is 0 Å². The van der Waals surface area contributed by atoms with Crippen LogP contribution >= 0.6 is 11.5 Å². The summed E-state index contributed by atoms with van der Waals surface area (Å²) >= 11 is 1.42. The number of hydrogen-bond donors (Lipinski definition) is 1. The molecular formula is C14H17N3O2S. The van der Waals surface area contributed by atoms with Gasteiger partial charge in [0.05, 0.1) is 0 Å². The smallest absolute Gasteiger partial charge is 0.231 e. The lowest BCUT2D eigenvalue weighted by atomic mass is 10.1. The van der Waals surface area contributed by atoms with Crippen molar-refractivity contribution in [3.05, 3.63) is 29.6 Å². The molecule has 2 heterocycles. The highest BCUT2D eigenvalue weighted by Gasteiger charge is 2.13. The Morgan fingerprint density at radius 3 is 2.95 bits per heavy atom. The topological polar surface area (TPSA) is 56.3 Å². The third-order valence-corrected chi connectivity index (χ3v) is 3.77. The fourth-order valence-corrected chi connectivity index (χ4v) is 2.68. The fraction of sp³-hybridized carbons (Fsp3) is 0.429. The standard InChI is InChI=1S/C14H17N3O2S/c1-9(2)13-16-14(20-17-13)15-6-5-10-3-4-11-12(7-10)19-8-18-11/h3-4,7,9H,5-6,8H2,1-2H3,(H,15,16,17). The van der Waals surface area contributed by atoms with Gasteiger partial charge in [-0.3, -0.25) is 0 Å². The Morgan fingerprint density at radius 2 is 2.15 bits per heavy atom. The molecule has 1 aromatic carbocycles. The molecule has 1 aromatic heterocycles. The molecule has 0 fully saturated rings. The second-order valence-electron chi connectivity index (χ2n) is 4.98. The summed E-state index contributed by atoms with van der Waals surface area (Å²) in [5.41, 5.74) is 1.22. The molecule has 0 atom stereocenters. The van der Waals surface area contributed by atoms with Crippen LogP contribution in [0.5, 0.6) is 11.5 Å². The lowest BCUT2D eigenvalue weighted by Crippen LogP contribution is -2.04. The first-order valence-corrected chi connectivity index (χ1v) is 7.46. The van der Waals surface area contributed by atoms with E-state index in [2.05, 4.69) is 34.6 Å². The number of hydrogen-bond acceptors (Lipinski definition) is 6. The molecule has 1 N–H and O–H groups in total. The monoisotopic (exact) mass is 291 g/mol. The van der Waals surface area contributed by atoms with Gasteiger partial charge in [0.2, 0.25) is 11.9 Å². The first kappa shape index (κ1) is 13.2. The van der Waals surface area contributed by atoms with Crippen molar-refractivity contribution >= 4 is 16.7 Å². The van der Waals surface area contributed by atoms with E-state index in [1.165, 1.54) is 17.1 Å². The Hall–Kier alpha value is -1.82. The fourth-order valence-electron chi connectivity index (χ4n) is 1.95. The number of anilines is 1. The first-order chi connectivity index (χ1) is 9.72. The van der Waals surface area contributed by atoms with E-state index >= 15 is 0 Å². The van der Waals surface area contributed by atoms with Gasteiger partial charge in [-0.1, -0.05) is 19.9 Å². The highest BCUT2D eigenvalue weighted by Crippen LogP contribution is 2.32. The zero-order valence-corrected chi connectivity index (χ0v) is 12.4. The Labute approximate surface area is 122 Å². The van der Waals surface area contributed by atoms with E-state index in [0.29, 0.717) is 12.7 Å². The molecule has 0 spiro atoms. The van der Waals surface area contributed by atoms with E-state index in [4.69, 9.17) is 9.47 Å². The Balaban J connectivity index is 1.54. The van der Waals surface area contributed by atoms with Crippen LogP contribution in [-0.2, 0) is 6.42 Å². The van der Waals surface area contributed by atoms with Crippen LogP contribution in [0.4, 0.5) is 5.13 Å². The van der Waals surface area contributed by atoms with E-state index in [1.807, 2.05) is 12.1 Å². The van der Waals surface area contributed by atoms with E-state index in [-0.39, 0.29) is 0 Å². The van der Waals surface area contributed by atoms with E-state index in [1.54, 1.807) is 0 Å². The quantitative estimate of drug-likeness (QED) is 0.917. The number of aromatic nitrogens is 2. The number of nitrogens with one attached hydrogen (secondary N) is 1. The number of ether oxygens (including phenoxy) is 2. The van der Waals surface area contributed by atoms with Gasteiger partial charge in [-0.15, -0.1) is 0 Å². The van der Waals surface area contributed by atoms with Crippen LogP contribution in [0.15, 0.2) is 18.2 Å². The summed E-state index contributed by atoms with van der Waals surface area (Å²) in [6.45, 7) is 5.34. The summed E-state index contributed by atoms with van der Waals surface area (Å²) in [6.07, 6.45) is 0.910. The maximum Gasteiger partial charge on any atom is 0.231 e. The van der Waals surface area contributed by atoms with Crippen LogP contribution in [-0.4, -0.2) is 22.7 Å². The summed E-state index contributed by atoms with van der Waals surface area (Å²) in [7, 11) is 0. The summed E-state index contributed by atoms with van der Waals surface area (Å²) in [6, 6.07) is 6.05. The van der Waals surface area contributed by atoms with E-state index < -0.39 is 0 Å². The molecule has 6 heteroatoms. The highest BCUT2D eigenvalue weighted by atomic mass is 32.1. The molecule has 0 amide bonds. The van der Waals surface area contributed by atoms with Crippen molar-refractivity contribution in [3.8, 4) is 11.5 Å². The van der Waals surface area contributed by atoms with Gasteiger partial charge in [0.15, 0.2) is 11.5 Å². The average Bonchev–Trinajstić information content (AvgIpc) is 3.06. The van der Waals surface area contributed by atoms with Crippen molar-refractivity contribution in [3.63, 3.8) is 0 Å². The van der Waals surface area contributed by atoms with E-state index in [9.17, 15) is 0 Å². The van der Waals surface area contributed by atoms with Crippen LogP contribution in [0.2, 0.25) is 0 Å². The van der Waals surface area contributed by atoms with Crippen LogP contribution in [0.3, 0.4) is 0 Å². The van der Waals surface area contributed by atoms with Crippen molar-refractivity contribution in [2.45, 2.75) is 26.2 Å². The predicted molar refractivity (Wildman–Crippen MR) is 78.8 cm³/mol. The summed E-state index contributed by atoms with van der Waals surface area (Å²) in [5, 5.41) is 4.19. The molecular weight excluding hydrogens is 274 g/mol. The van der Waals surface area contributed by atoms with Crippen LogP contribution in [0.1, 0.15) is 31.2 Å². The van der Waals surface area contributed by atoms with Crippen molar-refractivity contribution < 1.29 is 9.47 Å². The zero-order chi connectivity index (χ0) is 13.9. The Morgan fingerprint density at radius 1 is 1.30 bits per heavy atom. The lowest BCUT2D eigenvalue weighted by molar-refractivity contribution is 0.174. The van der Waals surface area contributed by atoms with Crippen LogP contribution < -0.4 is 14.8 Å². The van der Waals surface area contributed by atoms with Gasteiger partial charge in [0, 0.05) is 24.0 Å². The van der Waals surface area contributed by atoms with Crippen molar-refractivity contribution in [2.24, 2.45) is 0 Å². The maximum absolute atomic E-state index is 5.37. The van der Waals surface area contributed by atoms with E-state index in [0.717, 1.165) is 35.4 Å². The SMILES string of the molecule is CC(C)c1nsc(NCCc2ccc3c(c2)OCO3)n1. The molecule has 0 saturated carbocycles. The second-order valence-corrected chi connectivity index (χ2v) is 5.73. The molecule has 0 saturated heterocycles. The maximum atomic E-state index is 5.37. The number of rotatable bonds is 5. The largest absolute Gasteiger partial charge is 0.454 e. The van der Waals surface area contributed by atoms with Crippen molar-refractivity contribution in [2.75, 3.05) is 18.7 Å². The lowest BCUT2D eigenvalue weighted by Gasteiger charge is -2.04. The minimum absolute atomic E-state index is 0.319. The summed E-state index contributed by atoms with van der Waals surface area (Å²) < 4.78 is 15.0. The van der Waals surface area contributed by atoms with Gasteiger partial charge < -0.3 is 14.8 Å². The van der Waals surface area contributed by atoms with Crippen LogP contribution in [0, 0.1) is 0 Å². The third-order valence-electron chi connectivity index (χ3n) is 3.09. The second kappa shape index (κ2) is 5.66. The Bertz CT molecular complexity index is 598. The Kier molecular flexibility index (Phi) is 3.73. The minimum atomic E-state index is 0.319. The number of benzene rings is 1. The molecule has 1 aliphatic heterocycles. The third kappa shape index (κ3) is 2.85. The van der Waals surface area contributed by atoms with Gasteiger partial charge in [-0.2, -0.15) is 4.37 Å². The predicted octanol–water partition coefficient (Wildman–Crippen LogP) is 3.04. The van der Waals surface area contributed by atoms with Gasteiger partial charge in [-0.05, 0) is 24.1 Å². The first-order valence-electron chi connectivity index (χ1n) is 6.68. The molecule has 5 nitrogen and oxygen atoms in total. The van der Waals surface area contributed by atoms with Crippen molar-refractivity contribution in [1.29, 1.82) is 0 Å². The van der Waals surface area contributed by atoms with Crippen LogP contribution in [0.25, 0.3) is 0 Å². The average molecular weight is 291 g/mol. The summed E-state index contributed by atoms with van der Waals surface area (Å²) in [4.78, 5) is 4.45. The number of fused-ring (bicyclic) bond motifs is 1. The molecule has 3 rings (SSSR count). The van der Waals surface area contributed by atoms with Gasteiger partial charge in [0.1, 0.15) is 5.82 Å². The van der Waals surface area contributed by atoms with Gasteiger partial charge in [-0.25, -0.2) is 4.98 Å². The molecule has 0 bridgehead atoms. The zero-order valence-electron chi connectivity index (χ0n) is 11.5. The molecule has 20 heavy (non-hydrogen) atoms. The summed E-state index contributed by atoms with van der Waals surface area (Å²) in [5.74, 6) is 2.93. The highest BCUT2D eigenvalue weighted by molar-refractivity contribution is 7.09. The molecule has 1 aliphatic rings.